The Kier molecular flexibility index (Phi) is 11.1. The first kappa shape index (κ1) is 27.2. The molecule has 2 aromatic carbocycles. The van der Waals surface area contributed by atoms with E-state index in [9.17, 15) is 24.3 Å². The maximum absolute atomic E-state index is 12.6. The summed E-state index contributed by atoms with van der Waals surface area (Å²) < 4.78 is 9.91. The maximum atomic E-state index is 12.6. The van der Waals surface area contributed by atoms with Crippen molar-refractivity contribution < 1.29 is 33.8 Å². The van der Waals surface area contributed by atoms with Gasteiger partial charge >= 0.3 is 12.1 Å². The van der Waals surface area contributed by atoms with Gasteiger partial charge in [-0.15, -0.1) is 0 Å². The average Bonchev–Trinajstić information content (AvgIpc) is 2.86. The second-order valence-electron chi connectivity index (χ2n) is 7.78. The molecule has 0 unspecified atom stereocenters. The topological polar surface area (TPSA) is 143 Å². The van der Waals surface area contributed by atoms with Crippen LogP contribution in [-0.4, -0.2) is 54.7 Å². The number of phenolic OH excluding ortho intramolecular Hbond substituents is 1. The van der Waals surface area contributed by atoms with Crippen molar-refractivity contribution in [2.45, 2.75) is 44.9 Å². The van der Waals surface area contributed by atoms with Crippen LogP contribution in [0.4, 0.5) is 4.79 Å². The van der Waals surface area contributed by atoms with Crippen molar-refractivity contribution in [1.82, 2.24) is 16.0 Å². The summed E-state index contributed by atoms with van der Waals surface area (Å²) in [6.07, 6.45) is 0.353. The fourth-order valence-electron chi connectivity index (χ4n) is 3.20. The molecule has 4 N–H and O–H groups in total. The van der Waals surface area contributed by atoms with Gasteiger partial charge in [-0.3, -0.25) is 9.59 Å². The Morgan fingerprint density at radius 2 is 1.60 bits per heavy atom. The summed E-state index contributed by atoms with van der Waals surface area (Å²) in [5, 5.41) is 16.9. The predicted molar refractivity (Wildman–Crippen MR) is 127 cm³/mol. The lowest BCUT2D eigenvalue weighted by Crippen LogP contribution is -2.51. The number of methoxy groups -OCH3 is 1. The van der Waals surface area contributed by atoms with Crippen molar-refractivity contribution in [3.63, 3.8) is 0 Å². The van der Waals surface area contributed by atoms with Gasteiger partial charge in [0.15, 0.2) is 0 Å². The number of carbonyl (C=O) groups excluding carboxylic acids is 4. The summed E-state index contributed by atoms with van der Waals surface area (Å²) in [4.78, 5) is 49.2. The molecule has 0 spiro atoms. The molecule has 0 aromatic heterocycles. The number of aromatic hydroxyl groups is 1. The molecule has 188 valence electrons. The van der Waals surface area contributed by atoms with Crippen molar-refractivity contribution in [3.05, 3.63) is 65.7 Å². The Labute approximate surface area is 204 Å². The first-order chi connectivity index (χ1) is 16.8. The summed E-state index contributed by atoms with van der Waals surface area (Å²) in [7, 11) is 1.21. The number of amides is 3. The lowest BCUT2D eigenvalue weighted by Gasteiger charge is -2.19. The number of rotatable bonds is 12. The first-order valence-electron chi connectivity index (χ1n) is 11.2. The number of nitrogens with one attached hydrogen (secondary N) is 3. The number of esters is 1. The molecule has 2 atom stereocenters. The molecule has 10 heteroatoms. The summed E-state index contributed by atoms with van der Waals surface area (Å²) in [5.74, 6) is -1.72. The minimum Gasteiger partial charge on any atom is -0.508 e. The monoisotopic (exact) mass is 485 g/mol. The zero-order valence-electron chi connectivity index (χ0n) is 19.8. The van der Waals surface area contributed by atoms with Crippen molar-refractivity contribution in [3.8, 4) is 5.75 Å². The Hall–Kier alpha value is -4.08. The highest BCUT2D eigenvalue weighted by atomic mass is 16.5. The third kappa shape index (κ3) is 9.75. The normalized spacial score (nSPS) is 12.1. The molecule has 0 bridgehead atoms. The number of ether oxygens (including phenoxy) is 2. The Bertz CT molecular complexity index is 980. The molecule has 2 aromatic rings. The summed E-state index contributed by atoms with van der Waals surface area (Å²) >= 11 is 0. The van der Waals surface area contributed by atoms with E-state index < -0.39 is 42.5 Å². The molecule has 0 aliphatic carbocycles. The van der Waals surface area contributed by atoms with E-state index in [-0.39, 0.29) is 18.8 Å². The molecular weight excluding hydrogens is 454 g/mol. The van der Waals surface area contributed by atoms with Crippen LogP contribution in [0.25, 0.3) is 0 Å². The second-order valence-corrected chi connectivity index (χ2v) is 7.78. The Morgan fingerprint density at radius 3 is 2.23 bits per heavy atom. The maximum Gasteiger partial charge on any atom is 0.408 e. The molecule has 0 fully saturated rings. The molecule has 0 saturated carbocycles. The number of alkyl carbamates (subject to hydrolysis) is 1. The van der Waals surface area contributed by atoms with Crippen LogP contribution >= 0.6 is 0 Å². The summed E-state index contributed by atoms with van der Waals surface area (Å²) in [5.41, 5.74) is 1.51. The molecule has 0 aliphatic heterocycles. The van der Waals surface area contributed by atoms with Gasteiger partial charge in [0, 0.05) is 6.42 Å². The largest absolute Gasteiger partial charge is 0.508 e. The SMILES string of the molecule is CCC[C@@H](NC(=O)OCc1ccccc1)C(=O)NCC(=O)N[C@@H](Cc1ccc(O)cc1)C(=O)OC. The fraction of sp³-hybridized carbons (Fsp3) is 0.360. The Morgan fingerprint density at radius 1 is 0.914 bits per heavy atom. The van der Waals surface area contributed by atoms with E-state index in [2.05, 4.69) is 16.0 Å². The Balaban J connectivity index is 1.86. The van der Waals surface area contributed by atoms with Gasteiger partial charge in [0.2, 0.25) is 11.8 Å². The molecule has 0 saturated heterocycles. The van der Waals surface area contributed by atoms with Crippen molar-refractivity contribution in [2.24, 2.45) is 0 Å². The van der Waals surface area contributed by atoms with E-state index in [4.69, 9.17) is 9.47 Å². The summed E-state index contributed by atoms with van der Waals surface area (Å²) in [6.45, 7) is 1.52. The van der Waals surface area contributed by atoms with Gasteiger partial charge in [0.1, 0.15) is 24.4 Å². The van der Waals surface area contributed by atoms with E-state index in [1.807, 2.05) is 37.3 Å². The highest BCUT2D eigenvalue weighted by Gasteiger charge is 2.24. The van der Waals surface area contributed by atoms with Gasteiger partial charge in [-0.25, -0.2) is 9.59 Å². The van der Waals surface area contributed by atoms with Crippen molar-refractivity contribution in [1.29, 1.82) is 0 Å². The lowest BCUT2D eigenvalue weighted by atomic mass is 10.1. The van der Waals surface area contributed by atoms with Crippen LogP contribution in [0, 0.1) is 0 Å². The molecule has 0 radical (unpaired) electrons. The molecule has 0 heterocycles. The highest BCUT2D eigenvalue weighted by Crippen LogP contribution is 2.12. The third-order valence-corrected chi connectivity index (χ3v) is 5.02. The van der Waals surface area contributed by atoms with Crippen LogP contribution in [0.15, 0.2) is 54.6 Å². The molecule has 2 rings (SSSR count). The second kappa shape index (κ2) is 14.2. The number of benzene rings is 2. The minimum atomic E-state index is -0.980. The van der Waals surface area contributed by atoms with Crippen LogP contribution < -0.4 is 16.0 Å². The highest BCUT2D eigenvalue weighted by molar-refractivity contribution is 5.91. The lowest BCUT2D eigenvalue weighted by molar-refractivity contribution is -0.145. The van der Waals surface area contributed by atoms with Gasteiger partial charge in [0.05, 0.1) is 13.7 Å². The zero-order chi connectivity index (χ0) is 25.6. The quantitative estimate of drug-likeness (QED) is 0.336. The van der Waals surface area contributed by atoms with E-state index in [0.29, 0.717) is 18.4 Å². The van der Waals surface area contributed by atoms with Crippen molar-refractivity contribution >= 4 is 23.9 Å². The molecule has 10 nitrogen and oxygen atoms in total. The van der Waals surface area contributed by atoms with Crippen LogP contribution in [0.2, 0.25) is 0 Å². The smallest absolute Gasteiger partial charge is 0.408 e. The van der Waals surface area contributed by atoms with Gasteiger partial charge < -0.3 is 30.5 Å². The van der Waals surface area contributed by atoms with Crippen LogP contribution in [0.5, 0.6) is 5.75 Å². The molecule has 3 amide bonds. The van der Waals surface area contributed by atoms with Crippen molar-refractivity contribution in [2.75, 3.05) is 13.7 Å². The van der Waals surface area contributed by atoms with Gasteiger partial charge in [0.25, 0.3) is 0 Å². The molecule has 0 aliphatic rings. The zero-order valence-corrected chi connectivity index (χ0v) is 19.8. The number of hydrogen-bond acceptors (Lipinski definition) is 7. The van der Waals surface area contributed by atoms with E-state index >= 15 is 0 Å². The van der Waals surface area contributed by atoms with Gasteiger partial charge in [-0.05, 0) is 29.7 Å². The van der Waals surface area contributed by atoms with E-state index in [1.54, 1.807) is 12.1 Å². The number of carbonyl (C=O) groups is 4. The fourth-order valence-corrected chi connectivity index (χ4v) is 3.20. The first-order valence-corrected chi connectivity index (χ1v) is 11.2. The van der Waals surface area contributed by atoms with Crippen LogP contribution in [0.1, 0.15) is 30.9 Å². The molecule has 35 heavy (non-hydrogen) atoms. The van der Waals surface area contributed by atoms with Gasteiger partial charge in [-0.1, -0.05) is 55.8 Å². The average molecular weight is 486 g/mol. The standard InChI is InChI=1S/C25H31N3O7/c1-3-7-20(28-25(33)35-16-18-8-5-4-6-9-18)23(31)26-15-22(30)27-21(24(32)34-2)14-17-10-12-19(29)13-11-17/h4-6,8-13,20-21,29H,3,7,14-16H2,1-2H3,(H,26,31)(H,27,30)(H,28,33)/t20-,21+/m1/s1. The van der Waals surface area contributed by atoms with Crippen LogP contribution in [-0.2, 0) is 36.9 Å². The third-order valence-electron chi connectivity index (χ3n) is 5.02. The summed E-state index contributed by atoms with van der Waals surface area (Å²) in [6, 6.07) is 13.4. The van der Waals surface area contributed by atoms with Crippen LogP contribution in [0.3, 0.4) is 0 Å². The van der Waals surface area contributed by atoms with E-state index in [1.165, 1.54) is 19.2 Å². The predicted octanol–water partition coefficient (Wildman–Crippen LogP) is 1.80. The number of hydrogen-bond donors (Lipinski definition) is 4. The minimum absolute atomic E-state index is 0.0610. The van der Waals surface area contributed by atoms with E-state index in [0.717, 1.165) is 5.56 Å². The number of phenols is 1. The molecular formula is C25H31N3O7. The van der Waals surface area contributed by atoms with Gasteiger partial charge in [-0.2, -0.15) is 0 Å².